The smallest absolute Gasteiger partial charge is 0.429 e. The highest BCUT2D eigenvalue weighted by molar-refractivity contribution is 5.72. The quantitative estimate of drug-likeness (QED) is 0.0635. The van der Waals surface area contributed by atoms with Crippen LogP contribution in [0, 0.1) is 108 Å². The lowest BCUT2D eigenvalue weighted by Gasteiger charge is -2.38. The van der Waals surface area contributed by atoms with Crippen LogP contribution >= 0.6 is 0 Å². The van der Waals surface area contributed by atoms with Gasteiger partial charge in [0, 0.05) is 23.3 Å². The van der Waals surface area contributed by atoms with Crippen LogP contribution in [0.4, 0.5) is 52.7 Å². The molecule has 0 bridgehead atoms. The maximum Gasteiger partial charge on any atom is 0.432 e. The molecule has 4 fully saturated rings. The Balaban J connectivity index is 0.000000159. The number of aryl methyl sites for hydroxylation is 2. The highest BCUT2D eigenvalue weighted by atomic mass is 19.3. The van der Waals surface area contributed by atoms with E-state index in [2.05, 4.69) is 55.5 Å². The summed E-state index contributed by atoms with van der Waals surface area (Å²) >= 11 is 0. The van der Waals surface area contributed by atoms with Crippen LogP contribution in [0.5, 0.6) is 5.75 Å². The van der Waals surface area contributed by atoms with E-state index < -0.39 is 75.6 Å². The summed E-state index contributed by atoms with van der Waals surface area (Å²) in [6, 6.07) is 28.1. The number of allylic oxidation sites excluding steroid dienone is 1. The van der Waals surface area contributed by atoms with E-state index in [1.807, 2.05) is 25.1 Å². The molecule has 0 heterocycles. The van der Waals surface area contributed by atoms with Gasteiger partial charge in [-0.2, -0.15) is 8.78 Å². The van der Waals surface area contributed by atoms with E-state index >= 15 is 0 Å². The third-order valence-electron chi connectivity index (χ3n) is 19.1. The van der Waals surface area contributed by atoms with Crippen LogP contribution in [-0.2, 0) is 6.11 Å². The summed E-state index contributed by atoms with van der Waals surface area (Å²) in [6.45, 7) is 10.3. The fourth-order valence-corrected chi connectivity index (χ4v) is 13.9. The molecule has 462 valence electrons. The Labute approximate surface area is 504 Å². The Bertz CT molecular complexity index is 3370. The number of hydrogen-bond acceptors (Lipinski definition) is 1. The van der Waals surface area contributed by atoms with Gasteiger partial charge in [-0.3, -0.25) is 0 Å². The number of ether oxygens (including phenoxy) is 1. The van der Waals surface area contributed by atoms with E-state index in [9.17, 15) is 52.7 Å². The molecule has 1 nitrogen and oxygen atoms in total. The monoisotopic (exact) mass is 1210 g/mol. The predicted molar refractivity (Wildman–Crippen MR) is 321 cm³/mol. The predicted octanol–water partition coefficient (Wildman–Crippen LogP) is 23.3. The molecule has 11 rings (SSSR count). The standard InChI is InChI=1S/C26H14F8O.C25H28F4.C23H34/c1-13-2-4-14(5-3-13)15-6-7-18(19(27)8-15)16-9-20(28)24(21(29)10-16)26(33,34)35-17-11-22(30)25(32)23(31)12-17;1-15-2-4-16(5-3-15)17-6-8-18(9-7-17)19-10-11-21(22(26)12-19)20-13-23(27)25(29)24(28)14-20;1-3-4-5-19-8-12-21(13-9-19)23-16-14-22(15-17-23)20-10-6-18(2)7-11-20/h2-12H,1H3;10-18H,2-9H2,1H3;3,6-7,10-11,19,21-23H,1,4-5,8-9,12-17H2,2H3. The van der Waals surface area contributed by atoms with Gasteiger partial charge in [0.2, 0.25) is 0 Å². The van der Waals surface area contributed by atoms with Gasteiger partial charge < -0.3 is 4.74 Å². The van der Waals surface area contributed by atoms with Gasteiger partial charge in [-0.25, -0.2) is 43.9 Å². The third-order valence-corrected chi connectivity index (χ3v) is 19.1. The Morgan fingerprint density at radius 1 is 0.414 bits per heavy atom. The highest BCUT2D eigenvalue weighted by Gasteiger charge is 2.42. The summed E-state index contributed by atoms with van der Waals surface area (Å²) in [6.07, 6.45) is 21.6. The number of benzene rings is 7. The molecule has 7 aromatic rings. The van der Waals surface area contributed by atoms with Gasteiger partial charge in [-0.1, -0.05) is 123 Å². The zero-order valence-corrected chi connectivity index (χ0v) is 49.6. The summed E-state index contributed by atoms with van der Waals surface area (Å²) in [5.41, 5.74) is 3.71. The zero-order chi connectivity index (χ0) is 62.1. The number of alkyl halides is 2. The molecule has 4 saturated carbocycles. The van der Waals surface area contributed by atoms with E-state index in [0.29, 0.717) is 29.2 Å². The SMILES string of the molecule is C=CCCC1CCC(C2CCC(c3ccc(C)cc3)CC2)CC1.CC1CCC(C2CCC(c3ccc(-c4cc(F)c(F)c(F)c4)c(F)c3)CC2)CC1.Cc1ccc(-c2ccc(-c3cc(F)c(C(F)(F)Oc4cc(F)c(F)c(F)c4)c(F)c3)c(F)c2)cc1. The van der Waals surface area contributed by atoms with Gasteiger partial charge in [0.25, 0.3) is 0 Å². The van der Waals surface area contributed by atoms with Crippen molar-refractivity contribution in [1.82, 2.24) is 0 Å². The molecule has 0 amide bonds. The molecule has 13 heteroatoms. The van der Waals surface area contributed by atoms with Crippen molar-refractivity contribution in [3.05, 3.63) is 220 Å². The molecule has 0 spiro atoms. The fraction of sp³-hybridized carbons (Fsp3) is 0.405. The largest absolute Gasteiger partial charge is 0.432 e. The Kier molecular flexibility index (Phi) is 21.6. The number of hydrogen-bond donors (Lipinski definition) is 0. The molecule has 0 aromatic heterocycles. The molecular formula is C74H76F12O. The summed E-state index contributed by atoms with van der Waals surface area (Å²) in [5.74, 6) is -9.18. The van der Waals surface area contributed by atoms with Crippen molar-refractivity contribution in [3.8, 4) is 39.1 Å². The summed E-state index contributed by atoms with van der Waals surface area (Å²) in [4.78, 5) is 0. The maximum atomic E-state index is 14.8. The van der Waals surface area contributed by atoms with Gasteiger partial charge in [0.05, 0.1) is 0 Å². The van der Waals surface area contributed by atoms with Gasteiger partial charge >= 0.3 is 6.11 Å². The average molecular weight is 1210 g/mol. The number of rotatable bonds is 13. The summed E-state index contributed by atoms with van der Waals surface area (Å²) in [7, 11) is 0. The van der Waals surface area contributed by atoms with Crippen LogP contribution in [0.25, 0.3) is 33.4 Å². The molecule has 0 unspecified atom stereocenters. The highest BCUT2D eigenvalue weighted by Crippen LogP contribution is 2.47. The second-order valence-electron chi connectivity index (χ2n) is 25.0. The van der Waals surface area contributed by atoms with Gasteiger partial charge in [-0.05, 0) is 221 Å². The summed E-state index contributed by atoms with van der Waals surface area (Å²) < 4.78 is 172. The van der Waals surface area contributed by atoms with Crippen molar-refractivity contribution in [2.45, 2.75) is 154 Å². The minimum atomic E-state index is -4.74. The Hall–Kier alpha value is -6.76. The minimum absolute atomic E-state index is 0.0145. The van der Waals surface area contributed by atoms with Crippen LogP contribution < -0.4 is 4.74 Å². The van der Waals surface area contributed by atoms with E-state index in [1.54, 1.807) is 23.8 Å². The van der Waals surface area contributed by atoms with Crippen molar-refractivity contribution < 1.29 is 57.4 Å². The fourth-order valence-electron chi connectivity index (χ4n) is 13.9. The number of halogens is 12. The van der Waals surface area contributed by atoms with Crippen molar-refractivity contribution in [3.63, 3.8) is 0 Å². The third kappa shape index (κ3) is 16.3. The van der Waals surface area contributed by atoms with Crippen LogP contribution in [-0.4, -0.2) is 0 Å². The molecule has 0 radical (unpaired) electrons. The van der Waals surface area contributed by atoms with Gasteiger partial charge in [-0.15, -0.1) is 6.58 Å². The zero-order valence-electron chi connectivity index (χ0n) is 49.6. The Morgan fingerprint density at radius 2 is 0.793 bits per heavy atom. The molecule has 0 aliphatic heterocycles. The molecule has 4 aliphatic rings. The first-order valence-electron chi connectivity index (χ1n) is 30.8. The second-order valence-corrected chi connectivity index (χ2v) is 25.0. The van der Waals surface area contributed by atoms with Crippen LogP contribution in [0.3, 0.4) is 0 Å². The maximum absolute atomic E-state index is 14.8. The molecule has 4 aliphatic carbocycles. The van der Waals surface area contributed by atoms with Crippen LogP contribution in [0.2, 0.25) is 0 Å². The second kappa shape index (κ2) is 29.0. The summed E-state index contributed by atoms with van der Waals surface area (Å²) in [5, 5.41) is 0. The normalized spacial score (nSPS) is 22.3. The molecule has 7 aromatic carbocycles. The lowest BCUT2D eigenvalue weighted by atomic mass is 9.68. The lowest BCUT2D eigenvalue weighted by molar-refractivity contribution is -0.189. The van der Waals surface area contributed by atoms with E-state index in [1.165, 1.54) is 126 Å². The van der Waals surface area contributed by atoms with Gasteiger partial charge in [0.15, 0.2) is 34.9 Å². The minimum Gasteiger partial charge on any atom is -0.429 e. The van der Waals surface area contributed by atoms with E-state index in [0.717, 1.165) is 83.6 Å². The van der Waals surface area contributed by atoms with Crippen LogP contribution in [0.1, 0.15) is 162 Å². The van der Waals surface area contributed by atoms with E-state index in [4.69, 9.17) is 0 Å². The molecule has 0 N–H and O–H groups in total. The topological polar surface area (TPSA) is 9.23 Å². The first kappa shape index (κ1) is 64.7. The molecule has 87 heavy (non-hydrogen) atoms. The first-order chi connectivity index (χ1) is 41.6. The van der Waals surface area contributed by atoms with Crippen molar-refractivity contribution >= 4 is 0 Å². The molecule has 0 atom stereocenters. The average Bonchev–Trinajstić information content (AvgIpc) is 1.15. The molecule has 0 saturated heterocycles. The van der Waals surface area contributed by atoms with Crippen molar-refractivity contribution in [2.24, 2.45) is 35.5 Å². The molecular weight excluding hydrogens is 1130 g/mol. The Morgan fingerprint density at radius 3 is 1.26 bits per heavy atom. The van der Waals surface area contributed by atoms with Crippen LogP contribution in [0.15, 0.2) is 134 Å². The van der Waals surface area contributed by atoms with Crippen molar-refractivity contribution in [2.75, 3.05) is 0 Å². The van der Waals surface area contributed by atoms with E-state index in [-0.39, 0.29) is 34.4 Å². The lowest BCUT2D eigenvalue weighted by Crippen LogP contribution is -2.25. The first-order valence-corrected chi connectivity index (χ1v) is 30.8. The van der Waals surface area contributed by atoms with Gasteiger partial charge in [0.1, 0.15) is 34.6 Å². The van der Waals surface area contributed by atoms with Crippen molar-refractivity contribution in [1.29, 1.82) is 0 Å².